The van der Waals surface area contributed by atoms with Crippen molar-refractivity contribution in [3.8, 4) is 11.5 Å². The molecule has 1 fully saturated rings. The fourth-order valence-electron chi connectivity index (χ4n) is 2.32. The van der Waals surface area contributed by atoms with Crippen LogP contribution in [0.5, 0.6) is 11.5 Å². The summed E-state index contributed by atoms with van der Waals surface area (Å²) in [6.07, 6.45) is 4.08. The fraction of sp³-hybridized carbons (Fsp3) is 0.571. The highest BCUT2D eigenvalue weighted by Crippen LogP contribution is 2.40. The van der Waals surface area contributed by atoms with Crippen LogP contribution in [0, 0.1) is 5.92 Å². The normalized spacial score (nSPS) is 17.1. The van der Waals surface area contributed by atoms with Gasteiger partial charge < -0.3 is 14.6 Å². The Morgan fingerprint density at radius 3 is 2.44 bits per heavy atom. The van der Waals surface area contributed by atoms with Gasteiger partial charge in [0.15, 0.2) is 0 Å². The molecular formula is C14H19BrO3. The number of hydrogen-bond acceptors (Lipinski definition) is 3. The maximum atomic E-state index is 10.3. The van der Waals surface area contributed by atoms with Gasteiger partial charge in [-0.15, -0.1) is 0 Å². The number of ether oxygens (including phenoxy) is 2. The van der Waals surface area contributed by atoms with Crippen LogP contribution in [0.1, 0.15) is 37.4 Å². The first-order valence-electron chi connectivity index (χ1n) is 6.25. The minimum atomic E-state index is -0.479. The van der Waals surface area contributed by atoms with Gasteiger partial charge in [0.25, 0.3) is 0 Å². The van der Waals surface area contributed by atoms with Gasteiger partial charge >= 0.3 is 0 Å². The van der Waals surface area contributed by atoms with E-state index < -0.39 is 6.10 Å². The molecule has 4 heteroatoms. The highest BCUT2D eigenvalue weighted by atomic mass is 79.9. The fourth-order valence-corrected chi connectivity index (χ4v) is 2.80. The maximum absolute atomic E-state index is 10.3. The minimum Gasteiger partial charge on any atom is -0.496 e. The van der Waals surface area contributed by atoms with E-state index in [2.05, 4.69) is 15.9 Å². The minimum absolute atomic E-state index is 0.479. The Kier molecular flexibility index (Phi) is 4.51. The van der Waals surface area contributed by atoms with Gasteiger partial charge in [-0.05, 0) is 40.4 Å². The lowest BCUT2D eigenvalue weighted by Crippen LogP contribution is -2.15. The molecule has 0 bridgehead atoms. The van der Waals surface area contributed by atoms with Crippen LogP contribution in [0.15, 0.2) is 16.6 Å². The lowest BCUT2D eigenvalue weighted by Gasteiger charge is -2.28. The Morgan fingerprint density at radius 2 is 1.94 bits per heavy atom. The summed E-state index contributed by atoms with van der Waals surface area (Å²) >= 11 is 3.42. The molecule has 0 spiro atoms. The molecule has 1 saturated carbocycles. The predicted octanol–water partition coefficient (Wildman–Crippen LogP) is 3.69. The monoisotopic (exact) mass is 314 g/mol. The maximum Gasteiger partial charge on any atom is 0.133 e. The quantitative estimate of drug-likeness (QED) is 0.900. The van der Waals surface area contributed by atoms with Crippen molar-refractivity contribution in [1.29, 1.82) is 0 Å². The molecule has 1 aliphatic rings. The molecule has 0 aromatic heterocycles. The first-order chi connectivity index (χ1) is 8.65. The van der Waals surface area contributed by atoms with E-state index in [0.29, 0.717) is 11.7 Å². The number of rotatable bonds is 5. The second kappa shape index (κ2) is 5.93. The highest BCUT2D eigenvalue weighted by molar-refractivity contribution is 9.10. The van der Waals surface area contributed by atoms with Crippen LogP contribution in [0.4, 0.5) is 0 Å². The predicted molar refractivity (Wildman–Crippen MR) is 74.2 cm³/mol. The molecule has 18 heavy (non-hydrogen) atoms. The second-order valence-corrected chi connectivity index (χ2v) is 5.63. The summed E-state index contributed by atoms with van der Waals surface area (Å²) in [4.78, 5) is 0. The van der Waals surface area contributed by atoms with Crippen LogP contribution < -0.4 is 9.47 Å². The van der Waals surface area contributed by atoms with Crippen molar-refractivity contribution < 1.29 is 14.6 Å². The molecule has 0 heterocycles. The number of halogens is 1. The van der Waals surface area contributed by atoms with E-state index in [9.17, 15) is 5.11 Å². The van der Waals surface area contributed by atoms with Crippen LogP contribution in [0.3, 0.4) is 0 Å². The lowest BCUT2D eigenvalue weighted by atomic mass is 9.80. The lowest BCUT2D eigenvalue weighted by molar-refractivity contribution is 0.115. The average Bonchev–Trinajstić information content (AvgIpc) is 2.33. The van der Waals surface area contributed by atoms with Gasteiger partial charge in [0.1, 0.15) is 11.5 Å². The number of aliphatic hydroxyl groups is 1. The van der Waals surface area contributed by atoms with Gasteiger partial charge in [0.05, 0.1) is 24.8 Å². The molecule has 1 aliphatic carbocycles. The summed E-state index contributed by atoms with van der Waals surface area (Å²) in [6.45, 7) is 0. The van der Waals surface area contributed by atoms with E-state index in [1.165, 1.54) is 19.3 Å². The second-order valence-electron chi connectivity index (χ2n) is 4.78. The Morgan fingerprint density at radius 1 is 1.28 bits per heavy atom. The zero-order valence-corrected chi connectivity index (χ0v) is 12.4. The first kappa shape index (κ1) is 13.7. The van der Waals surface area contributed by atoms with E-state index in [4.69, 9.17) is 9.47 Å². The van der Waals surface area contributed by atoms with Crippen LogP contribution in [-0.4, -0.2) is 19.3 Å². The Hall–Kier alpha value is -0.740. The van der Waals surface area contributed by atoms with Crippen molar-refractivity contribution >= 4 is 15.9 Å². The first-order valence-corrected chi connectivity index (χ1v) is 7.04. The molecule has 1 atom stereocenters. The van der Waals surface area contributed by atoms with E-state index >= 15 is 0 Å². The van der Waals surface area contributed by atoms with Crippen molar-refractivity contribution in [3.63, 3.8) is 0 Å². The highest BCUT2D eigenvalue weighted by Gasteiger charge is 2.24. The van der Waals surface area contributed by atoms with Gasteiger partial charge in [-0.1, -0.05) is 19.3 Å². The molecule has 1 unspecified atom stereocenters. The van der Waals surface area contributed by atoms with E-state index in [0.717, 1.165) is 22.2 Å². The van der Waals surface area contributed by atoms with Gasteiger partial charge in [-0.2, -0.15) is 0 Å². The van der Waals surface area contributed by atoms with Crippen molar-refractivity contribution in [2.75, 3.05) is 14.2 Å². The van der Waals surface area contributed by atoms with E-state index in [1.54, 1.807) is 14.2 Å². The summed E-state index contributed by atoms with van der Waals surface area (Å²) in [5, 5.41) is 10.3. The summed E-state index contributed by atoms with van der Waals surface area (Å²) in [5.74, 6) is 2.08. The van der Waals surface area contributed by atoms with Gasteiger partial charge in [-0.3, -0.25) is 0 Å². The molecule has 0 saturated heterocycles. The van der Waals surface area contributed by atoms with Crippen LogP contribution in [0.2, 0.25) is 0 Å². The topological polar surface area (TPSA) is 38.7 Å². The molecule has 1 aromatic carbocycles. The zero-order valence-electron chi connectivity index (χ0n) is 10.8. The molecule has 0 amide bonds. The van der Waals surface area contributed by atoms with E-state index in [1.807, 2.05) is 12.1 Å². The summed E-state index contributed by atoms with van der Waals surface area (Å²) in [7, 11) is 3.24. The zero-order chi connectivity index (χ0) is 13.1. The Balaban J connectivity index is 2.22. The third-order valence-electron chi connectivity index (χ3n) is 3.64. The smallest absolute Gasteiger partial charge is 0.133 e. The van der Waals surface area contributed by atoms with Crippen LogP contribution >= 0.6 is 15.9 Å². The molecule has 1 aromatic rings. The van der Waals surface area contributed by atoms with E-state index in [-0.39, 0.29) is 0 Å². The number of methoxy groups -OCH3 is 2. The summed E-state index contributed by atoms with van der Waals surface area (Å²) < 4.78 is 11.4. The van der Waals surface area contributed by atoms with Crippen LogP contribution in [-0.2, 0) is 0 Å². The molecular weight excluding hydrogens is 296 g/mol. The molecule has 2 rings (SSSR count). The van der Waals surface area contributed by atoms with Gasteiger partial charge in [-0.25, -0.2) is 0 Å². The summed E-state index contributed by atoms with van der Waals surface area (Å²) in [6, 6.07) is 3.70. The summed E-state index contributed by atoms with van der Waals surface area (Å²) in [5.41, 5.74) is 0.810. The molecule has 0 aliphatic heterocycles. The molecule has 3 nitrogen and oxygen atoms in total. The average molecular weight is 315 g/mol. The van der Waals surface area contributed by atoms with Crippen molar-refractivity contribution in [1.82, 2.24) is 0 Å². The molecule has 0 radical (unpaired) electrons. The SMILES string of the molecule is COc1cc(C(O)CC2CCC2)c(OC)cc1Br. The van der Waals surface area contributed by atoms with Gasteiger partial charge in [0.2, 0.25) is 0 Å². The van der Waals surface area contributed by atoms with Gasteiger partial charge in [0, 0.05) is 5.56 Å². The molecule has 1 N–H and O–H groups in total. The third kappa shape index (κ3) is 2.81. The number of hydrogen-bond donors (Lipinski definition) is 1. The third-order valence-corrected chi connectivity index (χ3v) is 4.26. The van der Waals surface area contributed by atoms with Crippen molar-refractivity contribution in [2.24, 2.45) is 5.92 Å². The molecule has 100 valence electrons. The van der Waals surface area contributed by atoms with Crippen molar-refractivity contribution in [3.05, 3.63) is 22.2 Å². The Labute approximate surface area is 116 Å². The standard InChI is InChI=1S/C14H19BrO3/c1-17-13-8-11(15)14(18-2)7-10(13)12(16)6-9-4-3-5-9/h7-9,12,16H,3-6H2,1-2H3. The number of aliphatic hydroxyl groups excluding tert-OH is 1. The van der Waals surface area contributed by atoms with Crippen molar-refractivity contribution in [2.45, 2.75) is 31.8 Å². The number of benzene rings is 1. The largest absolute Gasteiger partial charge is 0.496 e. The Bertz CT molecular complexity index is 416. The van der Waals surface area contributed by atoms with Crippen LogP contribution in [0.25, 0.3) is 0 Å².